The summed E-state index contributed by atoms with van der Waals surface area (Å²) in [6.07, 6.45) is -0.0730. The molecule has 0 aromatic rings. The normalized spacial score (nSPS) is 29.4. The van der Waals surface area contributed by atoms with Gasteiger partial charge in [-0.2, -0.15) is 0 Å². The smallest absolute Gasteiger partial charge is 0.118 e. The van der Waals surface area contributed by atoms with Gasteiger partial charge in [0.05, 0.1) is 6.61 Å². The molecule has 1 atom stereocenters. The van der Waals surface area contributed by atoms with Crippen molar-refractivity contribution in [3.05, 3.63) is 0 Å². The first-order chi connectivity index (χ1) is 4.70. The molecule has 1 saturated heterocycles. The quantitative estimate of drug-likeness (QED) is 0.563. The largest absolute Gasteiger partial charge is 0.361 e. The van der Waals surface area contributed by atoms with Crippen molar-refractivity contribution in [2.75, 3.05) is 19.7 Å². The zero-order valence-corrected chi connectivity index (χ0v) is 6.71. The van der Waals surface area contributed by atoms with Gasteiger partial charge in [0.2, 0.25) is 0 Å². The fraction of sp³-hybridized carbons (Fsp3) is 1.00. The summed E-state index contributed by atoms with van der Waals surface area (Å²) in [4.78, 5) is 2.33. The average molecular weight is 144 g/mol. The number of rotatable bonds is 1. The highest BCUT2D eigenvalue weighted by atomic mass is 16.5. The number of hydrogen-bond donors (Lipinski definition) is 1. The average Bonchev–Trinajstić information content (AvgIpc) is 1.88. The minimum atomic E-state index is -0.0730. The first-order valence-electron chi connectivity index (χ1n) is 3.81. The molecule has 0 aliphatic carbocycles. The molecular weight excluding hydrogens is 128 g/mol. The zero-order chi connectivity index (χ0) is 7.56. The summed E-state index contributed by atoms with van der Waals surface area (Å²) in [5.74, 6) is 0. The molecule has 0 saturated carbocycles. The third kappa shape index (κ3) is 1.94. The highest BCUT2D eigenvalue weighted by Crippen LogP contribution is 2.04. The highest BCUT2D eigenvalue weighted by molar-refractivity contribution is 4.69. The first kappa shape index (κ1) is 7.98. The lowest BCUT2D eigenvalue weighted by Gasteiger charge is -2.33. The predicted octanol–water partition coefficient (Wildman–Crippen LogP) is 0.0118. The van der Waals surface area contributed by atoms with E-state index in [9.17, 15) is 0 Å². The number of morpholine rings is 1. The van der Waals surface area contributed by atoms with Gasteiger partial charge in [0.15, 0.2) is 0 Å². The van der Waals surface area contributed by atoms with Crippen molar-refractivity contribution in [1.82, 2.24) is 4.90 Å². The van der Waals surface area contributed by atoms with Crippen molar-refractivity contribution in [3.8, 4) is 0 Å². The third-order valence-electron chi connectivity index (χ3n) is 1.86. The number of hydrogen-bond acceptors (Lipinski definition) is 3. The molecule has 1 unspecified atom stereocenters. The second-order valence-corrected chi connectivity index (χ2v) is 3.00. The van der Waals surface area contributed by atoms with E-state index in [1.165, 1.54) is 0 Å². The second kappa shape index (κ2) is 3.32. The van der Waals surface area contributed by atoms with Gasteiger partial charge < -0.3 is 10.5 Å². The Hall–Kier alpha value is -0.120. The summed E-state index contributed by atoms with van der Waals surface area (Å²) in [5, 5.41) is 0. The molecule has 3 nitrogen and oxygen atoms in total. The maximum absolute atomic E-state index is 5.60. The van der Waals surface area contributed by atoms with Crippen LogP contribution >= 0.6 is 0 Å². The molecule has 60 valence electrons. The molecule has 1 aliphatic heterocycles. The van der Waals surface area contributed by atoms with Crippen LogP contribution in [0.1, 0.15) is 13.8 Å². The Labute approximate surface area is 62.1 Å². The van der Waals surface area contributed by atoms with Crippen LogP contribution < -0.4 is 5.73 Å². The molecule has 2 N–H and O–H groups in total. The SMILES string of the molecule is CC(C)N1CCOC(N)C1. The van der Waals surface area contributed by atoms with Gasteiger partial charge in [-0.3, -0.25) is 4.90 Å². The molecule has 0 amide bonds. The van der Waals surface area contributed by atoms with Crippen LogP contribution in [-0.2, 0) is 4.74 Å². The minimum Gasteiger partial charge on any atom is -0.361 e. The number of nitrogens with zero attached hydrogens (tertiary/aromatic N) is 1. The van der Waals surface area contributed by atoms with Crippen molar-refractivity contribution >= 4 is 0 Å². The van der Waals surface area contributed by atoms with E-state index in [1.807, 2.05) is 0 Å². The van der Waals surface area contributed by atoms with Crippen LogP contribution in [0.5, 0.6) is 0 Å². The van der Waals surface area contributed by atoms with Gasteiger partial charge in [-0.1, -0.05) is 0 Å². The van der Waals surface area contributed by atoms with E-state index >= 15 is 0 Å². The Bertz CT molecular complexity index is 106. The molecule has 1 fully saturated rings. The van der Waals surface area contributed by atoms with E-state index in [2.05, 4.69) is 18.7 Å². The standard InChI is InChI=1S/C7H16N2O/c1-6(2)9-3-4-10-7(8)5-9/h6-7H,3-5,8H2,1-2H3. The first-order valence-corrected chi connectivity index (χ1v) is 3.81. The molecule has 0 radical (unpaired) electrons. The van der Waals surface area contributed by atoms with Crippen LogP contribution in [0.4, 0.5) is 0 Å². The minimum absolute atomic E-state index is 0.0730. The van der Waals surface area contributed by atoms with Crippen LogP contribution in [0.2, 0.25) is 0 Å². The fourth-order valence-electron chi connectivity index (χ4n) is 1.17. The van der Waals surface area contributed by atoms with E-state index in [4.69, 9.17) is 10.5 Å². The van der Waals surface area contributed by atoms with Crippen molar-refractivity contribution in [1.29, 1.82) is 0 Å². The lowest BCUT2D eigenvalue weighted by atomic mass is 10.3. The van der Waals surface area contributed by atoms with Crippen LogP contribution in [-0.4, -0.2) is 36.9 Å². The van der Waals surface area contributed by atoms with Crippen LogP contribution in [0.15, 0.2) is 0 Å². The summed E-state index contributed by atoms with van der Waals surface area (Å²) in [6.45, 7) is 7.03. The summed E-state index contributed by atoms with van der Waals surface area (Å²) < 4.78 is 5.19. The maximum atomic E-state index is 5.60. The predicted molar refractivity (Wildman–Crippen MR) is 40.6 cm³/mol. The highest BCUT2D eigenvalue weighted by Gasteiger charge is 2.18. The Balaban J connectivity index is 2.32. The Morgan fingerprint density at radius 2 is 2.30 bits per heavy atom. The van der Waals surface area contributed by atoms with E-state index in [-0.39, 0.29) is 6.23 Å². The van der Waals surface area contributed by atoms with Gasteiger partial charge >= 0.3 is 0 Å². The fourth-order valence-corrected chi connectivity index (χ4v) is 1.17. The topological polar surface area (TPSA) is 38.5 Å². The van der Waals surface area contributed by atoms with Gasteiger partial charge in [0.1, 0.15) is 6.23 Å². The summed E-state index contributed by atoms with van der Waals surface area (Å²) in [7, 11) is 0. The zero-order valence-electron chi connectivity index (χ0n) is 6.71. The Kier molecular flexibility index (Phi) is 2.65. The summed E-state index contributed by atoms with van der Waals surface area (Å²) >= 11 is 0. The number of ether oxygens (including phenoxy) is 1. The van der Waals surface area contributed by atoms with Crippen molar-refractivity contribution in [2.24, 2.45) is 5.73 Å². The van der Waals surface area contributed by atoms with E-state index in [0.717, 1.165) is 19.7 Å². The Morgan fingerprint density at radius 1 is 1.60 bits per heavy atom. The second-order valence-electron chi connectivity index (χ2n) is 3.00. The van der Waals surface area contributed by atoms with E-state index in [1.54, 1.807) is 0 Å². The third-order valence-corrected chi connectivity index (χ3v) is 1.86. The van der Waals surface area contributed by atoms with Crippen LogP contribution in [0, 0.1) is 0 Å². The molecule has 1 aliphatic rings. The molecule has 10 heavy (non-hydrogen) atoms. The van der Waals surface area contributed by atoms with Crippen molar-refractivity contribution < 1.29 is 4.74 Å². The van der Waals surface area contributed by atoms with Gasteiger partial charge in [-0.05, 0) is 13.8 Å². The number of nitrogens with two attached hydrogens (primary N) is 1. The van der Waals surface area contributed by atoms with Gasteiger partial charge in [-0.25, -0.2) is 0 Å². The van der Waals surface area contributed by atoms with Crippen molar-refractivity contribution in [3.63, 3.8) is 0 Å². The molecule has 0 aromatic heterocycles. The van der Waals surface area contributed by atoms with E-state index < -0.39 is 0 Å². The molecule has 1 rings (SSSR count). The molecule has 1 heterocycles. The molecule has 0 aromatic carbocycles. The maximum Gasteiger partial charge on any atom is 0.118 e. The lowest BCUT2D eigenvalue weighted by Crippen LogP contribution is -2.49. The van der Waals surface area contributed by atoms with Gasteiger partial charge in [0, 0.05) is 19.1 Å². The van der Waals surface area contributed by atoms with Crippen molar-refractivity contribution in [2.45, 2.75) is 26.1 Å². The molecular formula is C7H16N2O. The molecule has 0 spiro atoms. The monoisotopic (exact) mass is 144 g/mol. The Morgan fingerprint density at radius 3 is 2.70 bits per heavy atom. The van der Waals surface area contributed by atoms with Gasteiger partial charge in [-0.15, -0.1) is 0 Å². The lowest BCUT2D eigenvalue weighted by molar-refractivity contribution is -0.0349. The molecule has 3 heteroatoms. The van der Waals surface area contributed by atoms with Gasteiger partial charge in [0.25, 0.3) is 0 Å². The van der Waals surface area contributed by atoms with Crippen LogP contribution in [0.3, 0.4) is 0 Å². The molecule has 0 bridgehead atoms. The van der Waals surface area contributed by atoms with Crippen LogP contribution in [0.25, 0.3) is 0 Å². The summed E-state index contributed by atoms with van der Waals surface area (Å²) in [5.41, 5.74) is 5.60. The van der Waals surface area contributed by atoms with E-state index in [0.29, 0.717) is 6.04 Å². The summed E-state index contributed by atoms with van der Waals surface area (Å²) in [6, 6.07) is 0.593.